The average Bonchev–Trinajstić information content (AvgIpc) is 1.81. The van der Waals surface area contributed by atoms with E-state index < -0.39 is 5.97 Å². The van der Waals surface area contributed by atoms with E-state index in [1.54, 1.807) is 0 Å². The minimum absolute atomic E-state index is 0.147. The van der Waals surface area contributed by atoms with Crippen LogP contribution in [-0.2, 0) is 11.2 Å². The van der Waals surface area contributed by atoms with Crippen molar-refractivity contribution in [2.75, 3.05) is 0 Å². The monoisotopic (exact) mass is 279 g/mol. The van der Waals surface area contributed by atoms with Gasteiger partial charge in [0.25, 0.3) is 0 Å². The first-order valence-corrected chi connectivity index (χ1v) is 4.26. The fourth-order valence-corrected chi connectivity index (χ4v) is 1.48. The summed E-state index contributed by atoms with van der Waals surface area (Å²) in [5.41, 5.74) is 0.258. The normalized spacial score (nSPS) is 9.75. The van der Waals surface area contributed by atoms with Gasteiger partial charge in [-0.3, -0.25) is 9.59 Å². The largest absolute Gasteiger partial charge is 0.481 e. The van der Waals surface area contributed by atoms with Crippen molar-refractivity contribution in [1.82, 2.24) is 4.98 Å². The van der Waals surface area contributed by atoms with Gasteiger partial charge in [0, 0.05) is 17.8 Å². The fraction of sp³-hybridized carbons (Fsp3) is 0.143. The van der Waals surface area contributed by atoms with Crippen molar-refractivity contribution in [1.29, 1.82) is 0 Å². The number of halogens is 1. The van der Waals surface area contributed by atoms with Crippen molar-refractivity contribution < 1.29 is 9.90 Å². The molecule has 0 fully saturated rings. The quantitative estimate of drug-likeness (QED) is 0.615. The molecule has 0 aliphatic rings. The molecule has 0 radical (unpaired) electrons. The molecular weight excluding hydrogens is 273 g/mol. The molecule has 0 aromatic carbocycles. The zero-order chi connectivity index (χ0) is 9.14. The van der Waals surface area contributed by atoms with Crippen LogP contribution in [-0.4, -0.2) is 16.1 Å². The van der Waals surface area contributed by atoms with Crippen LogP contribution in [0.3, 0.4) is 0 Å². The standard InChI is InChI=1S/C7H6INO3/c8-6-3-5(10)1-4(9-6)2-7(11)12/h1,3H,2H2,(H,9,10)(H,11,12). The molecule has 2 N–H and O–H groups in total. The van der Waals surface area contributed by atoms with Gasteiger partial charge in [-0.25, -0.2) is 0 Å². The lowest BCUT2D eigenvalue weighted by molar-refractivity contribution is -0.136. The Morgan fingerprint density at radius 3 is 2.75 bits per heavy atom. The number of aromatic amines is 1. The number of aromatic nitrogens is 1. The highest BCUT2D eigenvalue weighted by molar-refractivity contribution is 14.1. The molecule has 0 atom stereocenters. The lowest BCUT2D eigenvalue weighted by Gasteiger charge is -1.97. The summed E-state index contributed by atoms with van der Waals surface area (Å²) < 4.78 is 0.649. The zero-order valence-electron chi connectivity index (χ0n) is 6.00. The number of carbonyl (C=O) groups is 1. The van der Waals surface area contributed by atoms with E-state index in [1.165, 1.54) is 12.1 Å². The molecule has 1 rings (SSSR count). The number of carboxylic acid groups (broad SMARTS) is 1. The number of hydrogen-bond acceptors (Lipinski definition) is 2. The molecule has 0 unspecified atom stereocenters. The summed E-state index contributed by atoms with van der Waals surface area (Å²) in [6.45, 7) is 0. The minimum atomic E-state index is -0.951. The van der Waals surface area contributed by atoms with Crippen LogP contribution in [0.25, 0.3) is 0 Å². The Morgan fingerprint density at radius 2 is 2.25 bits per heavy atom. The van der Waals surface area contributed by atoms with Crippen molar-refractivity contribution in [2.45, 2.75) is 6.42 Å². The predicted octanol–water partition coefficient (Wildman–Crippen LogP) is 0.607. The van der Waals surface area contributed by atoms with E-state index in [0.29, 0.717) is 9.39 Å². The van der Waals surface area contributed by atoms with Gasteiger partial charge in [-0.2, -0.15) is 0 Å². The molecule has 0 spiro atoms. The highest BCUT2D eigenvalue weighted by atomic mass is 127. The summed E-state index contributed by atoms with van der Waals surface area (Å²) >= 11 is 1.93. The van der Waals surface area contributed by atoms with Crippen LogP contribution < -0.4 is 5.43 Å². The van der Waals surface area contributed by atoms with Gasteiger partial charge in [-0.15, -0.1) is 0 Å². The topological polar surface area (TPSA) is 70.2 Å². The Morgan fingerprint density at radius 1 is 1.58 bits per heavy atom. The van der Waals surface area contributed by atoms with Crippen LogP contribution >= 0.6 is 22.6 Å². The molecule has 1 heterocycles. The highest BCUT2D eigenvalue weighted by Gasteiger charge is 2.01. The SMILES string of the molecule is O=C(O)Cc1cc(=O)cc(I)[nH]1. The van der Waals surface area contributed by atoms with Crippen molar-refractivity contribution in [3.63, 3.8) is 0 Å². The molecule has 4 nitrogen and oxygen atoms in total. The summed E-state index contributed by atoms with van der Waals surface area (Å²) in [7, 11) is 0. The second kappa shape index (κ2) is 3.70. The van der Waals surface area contributed by atoms with E-state index >= 15 is 0 Å². The maximum Gasteiger partial charge on any atom is 0.309 e. The van der Waals surface area contributed by atoms with E-state index in [4.69, 9.17) is 5.11 Å². The molecule has 0 bridgehead atoms. The molecule has 12 heavy (non-hydrogen) atoms. The van der Waals surface area contributed by atoms with Crippen molar-refractivity contribution in [3.8, 4) is 0 Å². The molecule has 0 saturated heterocycles. The molecule has 0 aliphatic carbocycles. The summed E-state index contributed by atoms with van der Waals surface area (Å²) in [4.78, 5) is 23.9. The number of nitrogens with one attached hydrogen (secondary N) is 1. The van der Waals surface area contributed by atoms with E-state index in [1.807, 2.05) is 22.6 Å². The van der Waals surface area contributed by atoms with Crippen LogP contribution in [0.4, 0.5) is 0 Å². The first-order chi connectivity index (χ1) is 5.58. The highest BCUT2D eigenvalue weighted by Crippen LogP contribution is 1.99. The lowest BCUT2D eigenvalue weighted by Crippen LogP contribution is -2.08. The number of aliphatic carboxylic acids is 1. The van der Waals surface area contributed by atoms with E-state index in [-0.39, 0.29) is 11.8 Å². The lowest BCUT2D eigenvalue weighted by atomic mass is 10.3. The third kappa shape index (κ3) is 2.65. The second-order valence-electron chi connectivity index (χ2n) is 2.26. The number of hydrogen-bond donors (Lipinski definition) is 2. The predicted molar refractivity (Wildman–Crippen MR) is 51.1 cm³/mol. The van der Waals surface area contributed by atoms with E-state index in [2.05, 4.69) is 4.98 Å². The van der Waals surface area contributed by atoms with Gasteiger partial charge in [-0.05, 0) is 22.6 Å². The molecular formula is C7H6INO3. The van der Waals surface area contributed by atoms with Gasteiger partial charge in [-0.1, -0.05) is 0 Å². The molecule has 0 amide bonds. The Hall–Kier alpha value is -0.850. The maximum absolute atomic E-state index is 10.9. The van der Waals surface area contributed by atoms with Crippen LogP contribution in [0.5, 0.6) is 0 Å². The third-order valence-electron chi connectivity index (χ3n) is 1.21. The first kappa shape index (κ1) is 9.24. The number of carboxylic acids is 1. The fourth-order valence-electron chi connectivity index (χ4n) is 0.822. The van der Waals surface area contributed by atoms with Gasteiger partial charge in [0.15, 0.2) is 5.43 Å². The summed E-state index contributed by atoms with van der Waals surface area (Å²) in [5, 5.41) is 8.42. The summed E-state index contributed by atoms with van der Waals surface area (Å²) in [6, 6.07) is 2.70. The number of H-pyrrole nitrogens is 1. The Labute approximate surface area is 81.8 Å². The minimum Gasteiger partial charge on any atom is -0.481 e. The first-order valence-electron chi connectivity index (χ1n) is 3.18. The number of rotatable bonds is 2. The van der Waals surface area contributed by atoms with Crippen LogP contribution in [0.2, 0.25) is 0 Å². The van der Waals surface area contributed by atoms with Gasteiger partial charge < -0.3 is 10.1 Å². The van der Waals surface area contributed by atoms with Crippen LogP contribution in [0.1, 0.15) is 5.69 Å². The van der Waals surface area contributed by atoms with E-state index in [0.717, 1.165) is 0 Å². The smallest absolute Gasteiger partial charge is 0.309 e. The van der Waals surface area contributed by atoms with Crippen molar-refractivity contribution >= 4 is 28.6 Å². The second-order valence-corrected chi connectivity index (χ2v) is 3.42. The Balaban J connectivity index is 3.01. The molecule has 1 aromatic rings. The van der Waals surface area contributed by atoms with Gasteiger partial charge in [0.2, 0.25) is 0 Å². The van der Waals surface area contributed by atoms with Crippen LogP contribution in [0, 0.1) is 3.70 Å². The van der Waals surface area contributed by atoms with Crippen molar-refractivity contribution in [2.24, 2.45) is 0 Å². The van der Waals surface area contributed by atoms with E-state index in [9.17, 15) is 9.59 Å². The van der Waals surface area contributed by atoms with Crippen molar-refractivity contribution in [3.05, 3.63) is 31.8 Å². The number of pyridine rings is 1. The molecule has 0 aliphatic heterocycles. The van der Waals surface area contributed by atoms with Gasteiger partial charge in [0.05, 0.1) is 10.1 Å². The van der Waals surface area contributed by atoms with Gasteiger partial charge >= 0.3 is 5.97 Å². The van der Waals surface area contributed by atoms with Gasteiger partial charge in [0.1, 0.15) is 0 Å². The Kier molecular flexibility index (Phi) is 2.85. The maximum atomic E-state index is 10.9. The molecule has 0 saturated carbocycles. The molecule has 64 valence electrons. The third-order valence-corrected chi connectivity index (χ3v) is 1.79. The Bertz CT molecular complexity index is 358. The summed E-state index contributed by atoms with van der Waals surface area (Å²) in [6.07, 6.45) is -0.147. The molecule has 5 heteroatoms. The summed E-state index contributed by atoms with van der Waals surface area (Å²) in [5.74, 6) is -0.951. The average molecular weight is 279 g/mol. The zero-order valence-corrected chi connectivity index (χ0v) is 8.16. The molecule has 1 aromatic heterocycles. The van der Waals surface area contributed by atoms with Crippen LogP contribution in [0.15, 0.2) is 16.9 Å².